The van der Waals surface area contributed by atoms with Crippen LogP contribution >= 0.6 is 0 Å². The maximum absolute atomic E-state index is 12.4. The summed E-state index contributed by atoms with van der Waals surface area (Å²) in [5.74, 6) is 1.49. The van der Waals surface area contributed by atoms with Crippen LogP contribution in [0.3, 0.4) is 0 Å². The van der Waals surface area contributed by atoms with Gasteiger partial charge in [0.15, 0.2) is 17.6 Å². The van der Waals surface area contributed by atoms with Gasteiger partial charge in [-0.15, -0.1) is 0 Å². The number of nitrogens with one attached hydrogen (secondary N) is 1. The van der Waals surface area contributed by atoms with Crippen molar-refractivity contribution in [1.82, 2.24) is 9.78 Å². The molecule has 1 unspecified atom stereocenters. The summed E-state index contributed by atoms with van der Waals surface area (Å²) in [4.78, 5) is 23.9. The minimum Gasteiger partial charge on any atom is -0.481 e. The predicted octanol–water partition coefficient (Wildman–Crippen LogP) is 2.58. The Labute approximate surface area is 166 Å². The number of fused-ring (bicyclic) bond motifs is 1. The maximum atomic E-state index is 12.4. The molecule has 8 heteroatoms. The van der Waals surface area contributed by atoms with Crippen LogP contribution in [0.4, 0.5) is 5.69 Å². The number of carbonyl (C=O) groups is 1. The summed E-state index contributed by atoms with van der Waals surface area (Å²) < 4.78 is 17.6. The number of hydrogen-bond donors (Lipinski definition) is 1. The number of anilines is 1. The largest absolute Gasteiger partial charge is 0.481 e. The van der Waals surface area contributed by atoms with Crippen molar-refractivity contribution in [1.29, 1.82) is 0 Å². The van der Waals surface area contributed by atoms with Crippen LogP contribution in [0.1, 0.15) is 6.92 Å². The number of benzene rings is 2. The monoisotopic (exact) mass is 393 g/mol. The van der Waals surface area contributed by atoms with E-state index in [1.807, 2.05) is 12.1 Å². The Morgan fingerprint density at radius 3 is 2.62 bits per heavy atom. The van der Waals surface area contributed by atoms with Gasteiger partial charge in [0.25, 0.3) is 11.5 Å². The van der Waals surface area contributed by atoms with Gasteiger partial charge in [-0.3, -0.25) is 9.59 Å². The summed E-state index contributed by atoms with van der Waals surface area (Å²) in [5.41, 5.74) is 1.96. The van der Waals surface area contributed by atoms with E-state index < -0.39 is 6.10 Å². The van der Waals surface area contributed by atoms with Gasteiger partial charge in [-0.25, -0.2) is 4.68 Å². The van der Waals surface area contributed by atoms with Gasteiger partial charge in [0, 0.05) is 30.4 Å². The number of amides is 1. The third-order valence-corrected chi connectivity index (χ3v) is 4.43. The Hall–Kier alpha value is -3.81. The highest BCUT2D eigenvalue weighted by molar-refractivity contribution is 5.94. The molecule has 0 saturated heterocycles. The second-order valence-electron chi connectivity index (χ2n) is 6.52. The van der Waals surface area contributed by atoms with Crippen molar-refractivity contribution in [2.75, 3.05) is 12.1 Å². The second-order valence-corrected chi connectivity index (χ2v) is 6.52. The first-order valence-corrected chi connectivity index (χ1v) is 9.01. The Morgan fingerprint density at radius 2 is 1.86 bits per heavy atom. The van der Waals surface area contributed by atoms with Crippen molar-refractivity contribution >= 4 is 11.6 Å². The lowest BCUT2D eigenvalue weighted by atomic mass is 10.1. The van der Waals surface area contributed by atoms with Crippen LogP contribution in [0.15, 0.2) is 59.4 Å². The fourth-order valence-electron chi connectivity index (χ4n) is 2.83. The third kappa shape index (κ3) is 4.06. The fraction of sp³-hybridized carbons (Fsp3) is 0.190. The van der Waals surface area contributed by atoms with E-state index in [4.69, 9.17) is 14.2 Å². The summed E-state index contributed by atoms with van der Waals surface area (Å²) in [6, 6.07) is 15.5. The molecule has 0 saturated carbocycles. The van der Waals surface area contributed by atoms with Gasteiger partial charge in [-0.05, 0) is 37.3 Å². The van der Waals surface area contributed by atoms with E-state index >= 15 is 0 Å². The molecule has 0 bridgehead atoms. The molecule has 0 aliphatic carbocycles. The molecule has 8 nitrogen and oxygen atoms in total. The summed E-state index contributed by atoms with van der Waals surface area (Å²) in [5, 5.41) is 7.03. The Kier molecular flexibility index (Phi) is 4.90. The maximum Gasteiger partial charge on any atom is 0.266 e. The molecule has 4 rings (SSSR count). The van der Waals surface area contributed by atoms with Gasteiger partial charge in [-0.2, -0.15) is 5.10 Å². The molecule has 2 aromatic carbocycles. The van der Waals surface area contributed by atoms with Gasteiger partial charge in [0.1, 0.15) is 5.75 Å². The first kappa shape index (κ1) is 18.5. The van der Waals surface area contributed by atoms with E-state index in [-0.39, 0.29) is 18.3 Å². The van der Waals surface area contributed by atoms with Crippen molar-refractivity contribution in [2.45, 2.75) is 13.0 Å². The van der Waals surface area contributed by atoms with E-state index in [0.29, 0.717) is 28.6 Å². The SMILES string of the molecule is CC(Oc1ccc2c(c1)OCO2)C(=O)Nc1ccc(-c2ccc(=O)n(C)n2)cc1. The van der Waals surface area contributed by atoms with E-state index in [1.54, 1.807) is 50.4 Å². The van der Waals surface area contributed by atoms with Crippen LogP contribution in [-0.2, 0) is 11.8 Å². The van der Waals surface area contributed by atoms with E-state index in [9.17, 15) is 9.59 Å². The van der Waals surface area contributed by atoms with Crippen molar-refractivity contribution < 1.29 is 19.0 Å². The molecule has 1 aliphatic rings. The van der Waals surface area contributed by atoms with Crippen LogP contribution in [0, 0.1) is 0 Å². The number of ether oxygens (including phenoxy) is 3. The molecular formula is C21H19N3O5. The molecule has 1 amide bonds. The van der Waals surface area contributed by atoms with Crippen molar-refractivity contribution in [2.24, 2.45) is 7.05 Å². The molecule has 1 N–H and O–H groups in total. The lowest BCUT2D eigenvalue weighted by molar-refractivity contribution is -0.122. The van der Waals surface area contributed by atoms with Crippen molar-refractivity contribution in [3.63, 3.8) is 0 Å². The van der Waals surface area contributed by atoms with Crippen LogP contribution in [0.5, 0.6) is 17.2 Å². The average molecular weight is 393 g/mol. The summed E-state index contributed by atoms with van der Waals surface area (Å²) in [6.07, 6.45) is -0.708. The zero-order valence-corrected chi connectivity index (χ0v) is 15.9. The standard InChI is InChI=1S/C21H19N3O5/c1-13(29-16-7-9-18-19(11-16)28-12-27-18)21(26)22-15-5-3-14(4-6-15)17-8-10-20(25)24(2)23-17/h3-11,13H,12H2,1-2H3,(H,22,26). The molecule has 29 heavy (non-hydrogen) atoms. The van der Waals surface area contributed by atoms with Crippen molar-refractivity contribution in [3.05, 3.63) is 65.0 Å². The highest BCUT2D eigenvalue weighted by Gasteiger charge is 2.18. The van der Waals surface area contributed by atoms with E-state index in [1.165, 1.54) is 10.7 Å². The van der Waals surface area contributed by atoms with Crippen molar-refractivity contribution in [3.8, 4) is 28.5 Å². The average Bonchev–Trinajstić information content (AvgIpc) is 3.18. The Bertz CT molecular complexity index is 1110. The van der Waals surface area contributed by atoms with Gasteiger partial charge in [0.05, 0.1) is 5.69 Å². The van der Waals surface area contributed by atoms with Gasteiger partial charge in [-0.1, -0.05) is 12.1 Å². The molecule has 2 heterocycles. The lowest BCUT2D eigenvalue weighted by Crippen LogP contribution is -2.30. The van der Waals surface area contributed by atoms with Crippen LogP contribution < -0.4 is 25.1 Å². The zero-order chi connectivity index (χ0) is 20.4. The van der Waals surface area contributed by atoms with Crippen LogP contribution in [0.25, 0.3) is 11.3 Å². The molecule has 148 valence electrons. The number of carbonyl (C=O) groups excluding carboxylic acids is 1. The second kappa shape index (κ2) is 7.67. The van der Waals surface area contributed by atoms with Gasteiger partial charge in [0.2, 0.25) is 6.79 Å². The van der Waals surface area contributed by atoms with E-state index in [0.717, 1.165) is 5.56 Å². The molecule has 1 atom stereocenters. The van der Waals surface area contributed by atoms with Gasteiger partial charge < -0.3 is 19.5 Å². The fourth-order valence-corrected chi connectivity index (χ4v) is 2.83. The smallest absolute Gasteiger partial charge is 0.266 e. The normalized spacial score (nSPS) is 13.0. The highest BCUT2D eigenvalue weighted by atomic mass is 16.7. The summed E-state index contributed by atoms with van der Waals surface area (Å²) >= 11 is 0. The predicted molar refractivity (Wildman–Crippen MR) is 106 cm³/mol. The Morgan fingerprint density at radius 1 is 1.10 bits per heavy atom. The molecular weight excluding hydrogens is 374 g/mol. The number of nitrogens with zero attached hydrogens (tertiary/aromatic N) is 2. The first-order chi connectivity index (χ1) is 14.0. The topological polar surface area (TPSA) is 91.7 Å². The molecule has 0 spiro atoms. The number of aryl methyl sites for hydroxylation is 1. The number of hydrogen-bond acceptors (Lipinski definition) is 6. The molecule has 1 aromatic heterocycles. The van der Waals surface area contributed by atoms with E-state index in [2.05, 4.69) is 10.4 Å². The summed E-state index contributed by atoms with van der Waals surface area (Å²) in [6.45, 7) is 1.85. The quantitative estimate of drug-likeness (QED) is 0.716. The zero-order valence-electron chi connectivity index (χ0n) is 15.9. The first-order valence-electron chi connectivity index (χ1n) is 9.01. The van der Waals surface area contributed by atoms with Gasteiger partial charge >= 0.3 is 0 Å². The minimum atomic E-state index is -0.708. The van der Waals surface area contributed by atoms with Crippen LogP contribution in [-0.4, -0.2) is 28.6 Å². The number of rotatable bonds is 5. The lowest BCUT2D eigenvalue weighted by Gasteiger charge is -2.15. The summed E-state index contributed by atoms with van der Waals surface area (Å²) in [7, 11) is 1.60. The van der Waals surface area contributed by atoms with Crippen LogP contribution in [0.2, 0.25) is 0 Å². The molecule has 0 radical (unpaired) electrons. The Balaban J connectivity index is 1.40. The number of aromatic nitrogens is 2. The third-order valence-electron chi connectivity index (χ3n) is 4.43. The molecule has 3 aromatic rings. The molecule has 0 fully saturated rings. The highest BCUT2D eigenvalue weighted by Crippen LogP contribution is 2.35. The minimum absolute atomic E-state index is 0.172. The molecule has 1 aliphatic heterocycles.